The first-order chi connectivity index (χ1) is 12.0. The highest BCUT2D eigenvalue weighted by Crippen LogP contribution is 2.33. The summed E-state index contributed by atoms with van der Waals surface area (Å²) in [6.07, 6.45) is 12.7. The molecule has 25 heavy (non-hydrogen) atoms. The Hall–Kier alpha value is -0.160. The fourth-order valence-electron chi connectivity index (χ4n) is 6.33. The number of hydroxylamine groups is 2. The molecular weight excluding hydrogens is 312 g/mol. The number of likely N-dealkylation sites (tertiary alicyclic amines) is 1. The molecular formula is C21H41N2O2+. The van der Waals surface area contributed by atoms with Crippen molar-refractivity contribution in [3.8, 4) is 0 Å². The van der Waals surface area contributed by atoms with Crippen LogP contribution in [-0.4, -0.2) is 30.9 Å². The van der Waals surface area contributed by atoms with Gasteiger partial charge in [0, 0.05) is 18.8 Å². The number of hydrogen-bond acceptors (Lipinski definition) is 2. The summed E-state index contributed by atoms with van der Waals surface area (Å²) in [7, 11) is 0. The monoisotopic (exact) mass is 353 g/mol. The van der Waals surface area contributed by atoms with Gasteiger partial charge in [0.2, 0.25) is 0 Å². The van der Waals surface area contributed by atoms with E-state index >= 15 is 0 Å². The Labute approximate surface area is 154 Å². The zero-order valence-corrected chi connectivity index (χ0v) is 16.5. The molecule has 2 saturated carbocycles. The molecule has 0 bridgehead atoms. The van der Waals surface area contributed by atoms with Crippen LogP contribution in [-0.2, 0) is 0 Å². The lowest BCUT2D eigenvalue weighted by molar-refractivity contribution is -1.07. The molecule has 3 atom stereocenters. The Morgan fingerprint density at radius 2 is 1.40 bits per heavy atom. The second-order valence-corrected chi connectivity index (χ2v) is 9.97. The lowest BCUT2D eigenvalue weighted by Crippen LogP contribution is -3.13. The molecule has 0 radical (unpaired) electrons. The van der Waals surface area contributed by atoms with Gasteiger partial charge < -0.3 is 10.1 Å². The van der Waals surface area contributed by atoms with Crippen molar-refractivity contribution in [2.45, 2.75) is 84.1 Å². The Morgan fingerprint density at radius 3 is 1.96 bits per heavy atom. The van der Waals surface area contributed by atoms with Gasteiger partial charge >= 0.3 is 0 Å². The molecule has 1 heterocycles. The minimum atomic E-state index is -0.568. The highest BCUT2D eigenvalue weighted by atomic mass is 16.8. The molecule has 3 aliphatic rings. The van der Waals surface area contributed by atoms with Crippen molar-refractivity contribution < 1.29 is 15.3 Å². The van der Waals surface area contributed by atoms with Crippen molar-refractivity contribution in [3.63, 3.8) is 0 Å². The topological polar surface area (TPSA) is 52.2 Å². The molecule has 2 aliphatic carbocycles. The average Bonchev–Trinajstić information content (AvgIpc) is 2.56. The molecule has 4 nitrogen and oxygen atoms in total. The highest BCUT2D eigenvalue weighted by Gasteiger charge is 2.31. The standard InChI is InChI=1S/C21H40N2O2/c1-16-11-17(2)13-20(12-16)15-22-9-7-19(8-10-22)14-18-3-5-21(6-4-18)23(24)25/h16-21,23-24H,3-15H2,1-2H3/p+1. The fraction of sp³-hybridized carbons (Fsp3) is 1.00. The summed E-state index contributed by atoms with van der Waals surface area (Å²) in [6, 6.07) is -0.0529. The van der Waals surface area contributed by atoms with Gasteiger partial charge in [-0.3, -0.25) is 0 Å². The molecule has 0 aromatic rings. The zero-order valence-electron chi connectivity index (χ0n) is 16.5. The van der Waals surface area contributed by atoms with Crippen LogP contribution >= 0.6 is 0 Å². The zero-order chi connectivity index (χ0) is 17.8. The SMILES string of the molecule is CC1CC(C)CC(C[NH+]2CCC(CC3CCC([NH+]([O-])O)CC3)CC2)C1. The van der Waals surface area contributed by atoms with E-state index in [0.717, 1.165) is 55.3 Å². The second kappa shape index (κ2) is 9.16. The molecule has 4 heteroatoms. The third kappa shape index (κ3) is 5.92. The minimum absolute atomic E-state index is 0.0529. The van der Waals surface area contributed by atoms with Crippen molar-refractivity contribution in [2.75, 3.05) is 19.6 Å². The Balaban J connectivity index is 1.34. The molecule has 0 amide bonds. The first-order valence-electron chi connectivity index (χ1n) is 11.1. The second-order valence-electron chi connectivity index (χ2n) is 9.97. The summed E-state index contributed by atoms with van der Waals surface area (Å²) in [5.74, 6) is 4.57. The number of rotatable bonds is 5. The van der Waals surface area contributed by atoms with E-state index in [4.69, 9.17) is 5.21 Å². The van der Waals surface area contributed by atoms with Gasteiger partial charge in [-0.25, -0.2) is 10.4 Å². The number of quaternary nitrogens is 2. The summed E-state index contributed by atoms with van der Waals surface area (Å²) >= 11 is 0. The van der Waals surface area contributed by atoms with Gasteiger partial charge in [-0.1, -0.05) is 13.8 Å². The largest absolute Gasteiger partial charge is 0.600 e. The molecule has 0 aromatic carbocycles. The van der Waals surface area contributed by atoms with Crippen LogP contribution in [0.4, 0.5) is 0 Å². The minimum Gasteiger partial charge on any atom is -0.600 e. The third-order valence-corrected chi connectivity index (χ3v) is 7.53. The summed E-state index contributed by atoms with van der Waals surface area (Å²) in [6.45, 7) is 9.08. The molecule has 0 aromatic heterocycles. The lowest BCUT2D eigenvalue weighted by Gasteiger charge is -2.37. The first kappa shape index (κ1) is 19.6. The van der Waals surface area contributed by atoms with Crippen molar-refractivity contribution in [2.24, 2.45) is 29.6 Å². The maximum atomic E-state index is 11.1. The molecule has 1 saturated heterocycles. The highest BCUT2D eigenvalue weighted by molar-refractivity contribution is 4.77. The quantitative estimate of drug-likeness (QED) is 0.663. The van der Waals surface area contributed by atoms with Crippen molar-refractivity contribution in [1.29, 1.82) is 0 Å². The van der Waals surface area contributed by atoms with Crippen molar-refractivity contribution in [3.05, 3.63) is 5.21 Å². The fourth-order valence-corrected chi connectivity index (χ4v) is 6.33. The maximum Gasteiger partial charge on any atom is 0.117 e. The van der Waals surface area contributed by atoms with E-state index in [0.29, 0.717) is 0 Å². The number of hydrogen-bond donors (Lipinski definition) is 3. The Bertz CT molecular complexity index is 377. The van der Waals surface area contributed by atoms with Crippen LogP contribution in [0.25, 0.3) is 0 Å². The Kier molecular flexibility index (Phi) is 7.18. The number of nitrogens with one attached hydrogen (secondary N) is 2. The van der Waals surface area contributed by atoms with Crippen LogP contribution < -0.4 is 10.1 Å². The molecule has 1 aliphatic heterocycles. The van der Waals surface area contributed by atoms with Crippen LogP contribution in [0.15, 0.2) is 0 Å². The van der Waals surface area contributed by atoms with Gasteiger partial charge in [-0.2, -0.15) is 0 Å². The molecule has 3 N–H and O–H groups in total. The van der Waals surface area contributed by atoms with Crippen LogP contribution in [0.5, 0.6) is 0 Å². The third-order valence-electron chi connectivity index (χ3n) is 7.53. The summed E-state index contributed by atoms with van der Waals surface area (Å²) in [4.78, 5) is 1.87. The predicted octanol–water partition coefficient (Wildman–Crippen LogP) is 2.07. The van der Waals surface area contributed by atoms with E-state index in [1.807, 2.05) is 4.90 Å². The van der Waals surface area contributed by atoms with E-state index < -0.39 is 5.23 Å². The first-order valence-corrected chi connectivity index (χ1v) is 11.1. The summed E-state index contributed by atoms with van der Waals surface area (Å²) in [5.41, 5.74) is 0. The van der Waals surface area contributed by atoms with Gasteiger partial charge in [0.1, 0.15) is 6.04 Å². The van der Waals surface area contributed by atoms with E-state index in [-0.39, 0.29) is 6.04 Å². The smallest absolute Gasteiger partial charge is 0.117 e. The predicted molar refractivity (Wildman–Crippen MR) is 100 cm³/mol. The van der Waals surface area contributed by atoms with Gasteiger partial charge in [-0.05, 0) is 75.0 Å². The van der Waals surface area contributed by atoms with Gasteiger partial charge in [0.25, 0.3) is 0 Å². The molecule has 3 rings (SSSR count). The van der Waals surface area contributed by atoms with Crippen LogP contribution in [0, 0.1) is 34.8 Å². The molecule has 3 fully saturated rings. The Morgan fingerprint density at radius 1 is 0.840 bits per heavy atom. The van der Waals surface area contributed by atoms with Gasteiger partial charge in [0.15, 0.2) is 0 Å². The molecule has 0 spiro atoms. The van der Waals surface area contributed by atoms with Crippen molar-refractivity contribution in [1.82, 2.24) is 0 Å². The van der Waals surface area contributed by atoms with E-state index in [9.17, 15) is 5.21 Å². The van der Waals surface area contributed by atoms with Crippen molar-refractivity contribution >= 4 is 0 Å². The normalized spacial score (nSPS) is 44.4. The molecule has 3 unspecified atom stereocenters. The lowest BCUT2D eigenvalue weighted by atomic mass is 9.76. The van der Waals surface area contributed by atoms with Crippen LogP contribution in [0.1, 0.15) is 78.1 Å². The number of piperidine rings is 1. The van der Waals surface area contributed by atoms with E-state index in [2.05, 4.69) is 13.8 Å². The van der Waals surface area contributed by atoms with Gasteiger partial charge in [-0.15, -0.1) is 0 Å². The van der Waals surface area contributed by atoms with Crippen LogP contribution in [0.3, 0.4) is 0 Å². The maximum absolute atomic E-state index is 11.1. The summed E-state index contributed by atoms with van der Waals surface area (Å²) in [5, 5.41) is 19.7. The summed E-state index contributed by atoms with van der Waals surface area (Å²) < 4.78 is 0. The molecule has 146 valence electrons. The van der Waals surface area contributed by atoms with Crippen LogP contribution in [0.2, 0.25) is 0 Å². The van der Waals surface area contributed by atoms with E-state index in [1.54, 1.807) is 0 Å². The van der Waals surface area contributed by atoms with E-state index in [1.165, 1.54) is 58.2 Å². The average molecular weight is 354 g/mol. The van der Waals surface area contributed by atoms with Gasteiger partial charge in [0.05, 0.1) is 19.6 Å².